The third kappa shape index (κ3) is 5.85. The molecule has 188 valence electrons. The first-order valence-electron chi connectivity index (χ1n) is 12.9. The molecule has 5 nitrogen and oxygen atoms in total. The summed E-state index contributed by atoms with van der Waals surface area (Å²) < 4.78 is 12.3. The zero-order valence-electron chi connectivity index (χ0n) is 20.6. The minimum Gasteiger partial charge on any atom is -0.485 e. The molecule has 2 heterocycles. The van der Waals surface area contributed by atoms with Crippen LogP contribution in [0.4, 0.5) is 0 Å². The lowest BCUT2D eigenvalue weighted by atomic mass is 10.0. The fourth-order valence-electron chi connectivity index (χ4n) is 5.13. The predicted octanol–water partition coefficient (Wildman–Crippen LogP) is 6.20. The van der Waals surface area contributed by atoms with E-state index in [2.05, 4.69) is 4.90 Å². The SMILES string of the molecule is O=C(c1ccc(OCc2ccccc2)c(OCc2ccccc2)c1Cl)N1CCC(N2CCCC2)CC1. The third-order valence-corrected chi connectivity index (χ3v) is 7.54. The zero-order chi connectivity index (χ0) is 24.7. The molecular formula is C30H33ClN2O3. The third-order valence-electron chi connectivity index (χ3n) is 7.16. The number of amides is 1. The van der Waals surface area contributed by atoms with Gasteiger partial charge in [-0.05, 0) is 62.0 Å². The van der Waals surface area contributed by atoms with Crippen LogP contribution in [0.25, 0.3) is 0 Å². The summed E-state index contributed by atoms with van der Waals surface area (Å²) in [6, 6.07) is 24.0. The summed E-state index contributed by atoms with van der Waals surface area (Å²) in [4.78, 5) is 18.0. The maximum absolute atomic E-state index is 13.5. The molecule has 6 heteroatoms. The summed E-state index contributed by atoms with van der Waals surface area (Å²) in [5, 5.41) is 0.308. The highest BCUT2D eigenvalue weighted by molar-refractivity contribution is 6.35. The molecular weight excluding hydrogens is 472 g/mol. The number of hydrogen-bond donors (Lipinski definition) is 0. The Labute approximate surface area is 218 Å². The summed E-state index contributed by atoms with van der Waals surface area (Å²) in [6.45, 7) is 4.61. The van der Waals surface area contributed by atoms with Crippen molar-refractivity contribution in [1.82, 2.24) is 9.80 Å². The van der Waals surface area contributed by atoms with Gasteiger partial charge in [-0.3, -0.25) is 4.79 Å². The van der Waals surface area contributed by atoms with Crippen LogP contribution < -0.4 is 9.47 Å². The summed E-state index contributed by atoms with van der Waals surface area (Å²) >= 11 is 6.85. The van der Waals surface area contributed by atoms with Gasteiger partial charge in [0.25, 0.3) is 5.91 Å². The average Bonchev–Trinajstić information content (AvgIpc) is 3.47. The van der Waals surface area contributed by atoms with Crippen molar-refractivity contribution >= 4 is 17.5 Å². The highest BCUT2D eigenvalue weighted by Crippen LogP contribution is 2.39. The van der Waals surface area contributed by atoms with Gasteiger partial charge in [0.15, 0.2) is 11.5 Å². The summed E-state index contributed by atoms with van der Waals surface area (Å²) in [6.07, 6.45) is 4.61. The smallest absolute Gasteiger partial charge is 0.255 e. The Kier molecular flexibility index (Phi) is 8.09. The number of benzene rings is 3. The van der Waals surface area contributed by atoms with E-state index in [0.29, 0.717) is 41.3 Å². The van der Waals surface area contributed by atoms with Crippen molar-refractivity contribution in [3.63, 3.8) is 0 Å². The van der Waals surface area contributed by atoms with Gasteiger partial charge in [-0.25, -0.2) is 0 Å². The average molecular weight is 505 g/mol. The zero-order valence-corrected chi connectivity index (χ0v) is 21.3. The Balaban J connectivity index is 1.33. The van der Waals surface area contributed by atoms with Crippen LogP contribution in [-0.4, -0.2) is 47.9 Å². The van der Waals surface area contributed by atoms with E-state index in [4.69, 9.17) is 21.1 Å². The predicted molar refractivity (Wildman–Crippen MR) is 143 cm³/mol. The van der Waals surface area contributed by atoms with Crippen LogP contribution in [-0.2, 0) is 13.2 Å². The minimum absolute atomic E-state index is 0.0426. The topological polar surface area (TPSA) is 42.0 Å². The highest BCUT2D eigenvalue weighted by Gasteiger charge is 2.30. The monoisotopic (exact) mass is 504 g/mol. The lowest BCUT2D eigenvalue weighted by Crippen LogP contribution is -2.46. The fourth-order valence-corrected chi connectivity index (χ4v) is 5.42. The number of carbonyl (C=O) groups excluding carboxylic acids is 1. The summed E-state index contributed by atoms with van der Waals surface area (Å²) in [5.41, 5.74) is 2.53. The lowest BCUT2D eigenvalue weighted by Gasteiger charge is -2.36. The molecule has 0 atom stereocenters. The maximum Gasteiger partial charge on any atom is 0.255 e. The van der Waals surface area contributed by atoms with Gasteiger partial charge in [-0.15, -0.1) is 0 Å². The standard InChI is InChI=1S/C30H33ClN2O3/c31-28-26(30(34)33-19-15-25(16-20-33)32-17-7-8-18-32)13-14-27(35-21-23-9-3-1-4-10-23)29(28)36-22-24-11-5-2-6-12-24/h1-6,9-14,25H,7-8,15-22H2. The van der Waals surface area contributed by atoms with E-state index < -0.39 is 0 Å². The van der Waals surface area contributed by atoms with Gasteiger partial charge in [0, 0.05) is 19.1 Å². The van der Waals surface area contributed by atoms with Gasteiger partial charge < -0.3 is 19.3 Å². The number of piperidine rings is 1. The van der Waals surface area contributed by atoms with Gasteiger partial charge >= 0.3 is 0 Å². The molecule has 3 aromatic carbocycles. The van der Waals surface area contributed by atoms with Crippen LogP contribution in [0.15, 0.2) is 72.8 Å². The first-order chi connectivity index (χ1) is 17.7. The first kappa shape index (κ1) is 24.7. The molecule has 1 amide bonds. The second-order valence-electron chi connectivity index (χ2n) is 9.57. The second kappa shape index (κ2) is 11.8. The van der Waals surface area contributed by atoms with E-state index >= 15 is 0 Å². The molecule has 2 fully saturated rings. The Hall–Kier alpha value is -3.02. The number of rotatable bonds is 8. The Morgan fingerprint density at radius 3 is 1.97 bits per heavy atom. The summed E-state index contributed by atoms with van der Waals surface area (Å²) in [7, 11) is 0. The number of likely N-dealkylation sites (tertiary alicyclic amines) is 2. The van der Waals surface area contributed by atoms with Crippen LogP contribution in [0.2, 0.25) is 5.02 Å². The Morgan fingerprint density at radius 1 is 0.778 bits per heavy atom. The molecule has 2 aliphatic rings. The second-order valence-corrected chi connectivity index (χ2v) is 9.95. The van der Waals surface area contributed by atoms with Gasteiger partial charge in [0.05, 0.1) is 10.6 Å². The van der Waals surface area contributed by atoms with Crippen LogP contribution in [0.5, 0.6) is 11.5 Å². The maximum atomic E-state index is 13.5. The quantitative estimate of drug-likeness (QED) is 0.366. The van der Waals surface area contributed by atoms with E-state index in [0.717, 1.165) is 37.1 Å². The molecule has 0 bridgehead atoms. The number of ether oxygens (including phenoxy) is 2. The van der Waals surface area contributed by atoms with Crippen molar-refractivity contribution in [1.29, 1.82) is 0 Å². The highest BCUT2D eigenvalue weighted by atomic mass is 35.5. The van der Waals surface area contributed by atoms with Crippen molar-refractivity contribution in [2.24, 2.45) is 0 Å². The molecule has 2 aliphatic heterocycles. The molecule has 3 aromatic rings. The van der Waals surface area contributed by atoms with Crippen molar-refractivity contribution < 1.29 is 14.3 Å². The van der Waals surface area contributed by atoms with Crippen LogP contribution >= 0.6 is 11.6 Å². The van der Waals surface area contributed by atoms with Gasteiger partial charge in [-0.1, -0.05) is 72.3 Å². The molecule has 0 saturated carbocycles. The van der Waals surface area contributed by atoms with Crippen molar-refractivity contribution in [2.75, 3.05) is 26.2 Å². The van der Waals surface area contributed by atoms with E-state index in [1.54, 1.807) is 12.1 Å². The molecule has 0 aliphatic carbocycles. The van der Waals surface area contributed by atoms with Crippen molar-refractivity contribution in [2.45, 2.75) is 44.9 Å². The molecule has 36 heavy (non-hydrogen) atoms. The van der Waals surface area contributed by atoms with Crippen LogP contribution in [0, 0.1) is 0 Å². The Bertz CT molecular complexity index is 1140. The van der Waals surface area contributed by atoms with Crippen LogP contribution in [0.3, 0.4) is 0 Å². The number of nitrogens with zero attached hydrogens (tertiary/aromatic N) is 2. The van der Waals surface area contributed by atoms with E-state index in [1.807, 2.05) is 65.6 Å². The minimum atomic E-state index is -0.0426. The molecule has 2 saturated heterocycles. The van der Waals surface area contributed by atoms with E-state index in [-0.39, 0.29) is 5.91 Å². The fraction of sp³-hybridized carbons (Fsp3) is 0.367. The molecule has 0 spiro atoms. The molecule has 0 aromatic heterocycles. The number of hydrogen-bond acceptors (Lipinski definition) is 4. The Morgan fingerprint density at radius 2 is 1.36 bits per heavy atom. The van der Waals surface area contributed by atoms with Gasteiger partial charge in [0.1, 0.15) is 13.2 Å². The van der Waals surface area contributed by atoms with Crippen molar-refractivity contribution in [3.05, 3.63) is 94.5 Å². The summed E-state index contributed by atoms with van der Waals surface area (Å²) in [5.74, 6) is 0.900. The number of halogens is 1. The lowest BCUT2D eigenvalue weighted by molar-refractivity contribution is 0.0644. The van der Waals surface area contributed by atoms with E-state index in [1.165, 1.54) is 25.9 Å². The molecule has 0 N–H and O–H groups in total. The van der Waals surface area contributed by atoms with Crippen molar-refractivity contribution in [3.8, 4) is 11.5 Å². The first-order valence-corrected chi connectivity index (χ1v) is 13.3. The van der Waals surface area contributed by atoms with E-state index in [9.17, 15) is 4.79 Å². The van der Waals surface area contributed by atoms with Crippen LogP contribution in [0.1, 0.15) is 47.2 Å². The molecule has 0 unspecified atom stereocenters. The number of carbonyl (C=O) groups is 1. The van der Waals surface area contributed by atoms with Gasteiger partial charge in [0.2, 0.25) is 0 Å². The molecule has 0 radical (unpaired) electrons. The largest absolute Gasteiger partial charge is 0.485 e. The van der Waals surface area contributed by atoms with Gasteiger partial charge in [-0.2, -0.15) is 0 Å². The normalized spacial score (nSPS) is 16.8. The molecule has 5 rings (SSSR count).